The summed E-state index contributed by atoms with van der Waals surface area (Å²) in [6.07, 6.45) is 0. The SMILES string of the molecule is COc1cc(-c2ccc(C)cc2)ccc1Cl. The predicted octanol–water partition coefficient (Wildman–Crippen LogP) is 4.32. The van der Waals surface area contributed by atoms with Crippen molar-refractivity contribution in [2.45, 2.75) is 6.92 Å². The van der Waals surface area contributed by atoms with Gasteiger partial charge in [-0.3, -0.25) is 0 Å². The fourth-order valence-electron chi connectivity index (χ4n) is 1.59. The minimum absolute atomic E-state index is 0.637. The van der Waals surface area contributed by atoms with Crippen molar-refractivity contribution in [3.63, 3.8) is 0 Å². The molecule has 0 saturated heterocycles. The van der Waals surface area contributed by atoms with Crippen molar-refractivity contribution in [1.82, 2.24) is 0 Å². The van der Waals surface area contributed by atoms with Gasteiger partial charge < -0.3 is 4.74 Å². The molecular formula is C14H13ClO. The molecule has 0 radical (unpaired) electrons. The quantitative estimate of drug-likeness (QED) is 0.749. The van der Waals surface area contributed by atoms with E-state index >= 15 is 0 Å². The standard InChI is InChI=1S/C14H13ClO/c1-10-3-5-11(6-4-10)12-7-8-13(15)14(9-12)16-2/h3-9H,1-2H3. The van der Waals surface area contributed by atoms with Crippen molar-refractivity contribution >= 4 is 11.6 Å². The Balaban J connectivity index is 2.44. The van der Waals surface area contributed by atoms with E-state index in [0.29, 0.717) is 10.8 Å². The van der Waals surface area contributed by atoms with Crippen LogP contribution in [0.2, 0.25) is 5.02 Å². The van der Waals surface area contributed by atoms with E-state index in [2.05, 4.69) is 31.2 Å². The van der Waals surface area contributed by atoms with Gasteiger partial charge in [0.25, 0.3) is 0 Å². The molecule has 0 unspecified atom stereocenters. The van der Waals surface area contributed by atoms with E-state index in [-0.39, 0.29) is 0 Å². The monoisotopic (exact) mass is 232 g/mol. The highest BCUT2D eigenvalue weighted by Crippen LogP contribution is 2.30. The molecule has 2 heteroatoms. The van der Waals surface area contributed by atoms with Crippen LogP contribution in [0, 0.1) is 6.92 Å². The summed E-state index contributed by atoms with van der Waals surface area (Å²) in [5, 5.41) is 0.637. The maximum Gasteiger partial charge on any atom is 0.138 e. The highest BCUT2D eigenvalue weighted by Gasteiger charge is 2.03. The molecule has 2 aromatic rings. The van der Waals surface area contributed by atoms with Crippen LogP contribution in [0.5, 0.6) is 5.75 Å². The van der Waals surface area contributed by atoms with Gasteiger partial charge in [-0.2, -0.15) is 0 Å². The number of halogens is 1. The largest absolute Gasteiger partial charge is 0.495 e. The van der Waals surface area contributed by atoms with Crippen molar-refractivity contribution in [1.29, 1.82) is 0 Å². The van der Waals surface area contributed by atoms with E-state index in [9.17, 15) is 0 Å². The van der Waals surface area contributed by atoms with Crippen molar-refractivity contribution in [2.75, 3.05) is 7.11 Å². The smallest absolute Gasteiger partial charge is 0.138 e. The normalized spacial score (nSPS) is 10.2. The zero-order valence-electron chi connectivity index (χ0n) is 9.33. The third-order valence-corrected chi connectivity index (χ3v) is 2.85. The first-order chi connectivity index (χ1) is 7.70. The lowest BCUT2D eigenvalue weighted by Gasteiger charge is -2.07. The lowest BCUT2D eigenvalue weighted by atomic mass is 10.0. The molecule has 0 heterocycles. The molecule has 0 fully saturated rings. The van der Waals surface area contributed by atoms with Crippen molar-refractivity contribution in [2.24, 2.45) is 0 Å². The van der Waals surface area contributed by atoms with Gasteiger partial charge in [-0.05, 0) is 30.2 Å². The number of rotatable bonds is 2. The van der Waals surface area contributed by atoms with Crippen LogP contribution in [0.4, 0.5) is 0 Å². The number of ether oxygens (including phenoxy) is 1. The molecule has 1 nitrogen and oxygen atoms in total. The van der Waals surface area contributed by atoms with Gasteiger partial charge in [-0.15, -0.1) is 0 Å². The molecule has 0 aromatic heterocycles. The Bertz CT molecular complexity index is 489. The Kier molecular flexibility index (Phi) is 3.16. The number of hydrogen-bond donors (Lipinski definition) is 0. The highest BCUT2D eigenvalue weighted by molar-refractivity contribution is 6.32. The first-order valence-electron chi connectivity index (χ1n) is 5.11. The van der Waals surface area contributed by atoms with Gasteiger partial charge in [0, 0.05) is 0 Å². The summed E-state index contributed by atoms with van der Waals surface area (Å²) in [5.74, 6) is 0.708. The Morgan fingerprint density at radius 1 is 0.938 bits per heavy atom. The Morgan fingerprint density at radius 3 is 2.19 bits per heavy atom. The first kappa shape index (κ1) is 11.0. The van der Waals surface area contributed by atoms with Crippen LogP contribution in [0.3, 0.4) is 0 Å². The Labute approximate surface area is 101 Å². The van der Waals surface area contributed by atoms with E-state index in [1.165, 1.54) is 11.1 Å². The second-order valence-electron chi connectivity index (χ2n) is 3.72. The van der Waals surface area contributed by atoms with E-state index in [0.717, 1.165) is 5.56 Å². The lowest BCUT2D eigenvalue weighted by Crippen LogP contribution is -1.85. The summed E-state index contributed by atoms with van der Waals surface area (Å²) in [6, 6.07) is 14.2. The van der Waals surface area contributed by atoms with Crippen LogP contribution in [-0.4, -0.2) is 7.11 Å². The molecular weight excluding hydrogens is 220 g/mol. The molecule has 0 saturated carbocycles. The summed E-state index contributed by atoms with van der Waals surface area (Å²) >= 11 is 5.98. The van der Waals surface area contributed by atoms with Gasteiger partial charge in [0.05, 0.1) is 12.1 Å². The van der Waals surface area contributed by atoms with E-state index < -0.39 is 0 Å². The van der Waals surface area contributed by atoms with Crippen molar-refractivity contribution in [3.8, 4) is 16.9 Å². The predicted molar refractivity (Wildman–Crippen MR) is 68.2 cm³/mol. The molecule has 16 heavy (non-hydrogen) atoms. The van der Waals surface area contributed by atoms with Crippen molar-refractivity contribution in [3.05, 3.63) is 53.1 Å². The second kappa shape index (κ2) is 4.58. The average Bonchev–Trinajstić information content (AvgIpc) is 2.31. The molecule has 2 rings (SSSR count). The van der Waals surface area contributed by atoms with Crippen LogP contribution in [0.15, 0.2) is 42.5 Å². The molecule has 82 valence electrons. The van der Waals surface area contributed by atoms with Gasteiger partial charge in [0.2, 0.25) is 0 Å². The summed E-state index contributed by atoms with van der Waals surface area (Å²) in [7, 11) is 1.63. The third kappa shape index (κ3) is 2.20. The van der Waals surface area contributed by atoms with Gasteiger partial charge in [0.15, 0.2) is 0 Å². The number of benzene rings is 2. The first-order valence-corrected chi connectivity index (χ1v) is 5.49. The fourth-order valence-corrected chi connectivity index (χ4v) is 1.78. The molecule has 0 atom stereocenters. The maximum atomic E-state index is 5.98. The average molecular weight is 233 g/mol. The number of methoxy groups -OCH3 is 1. The van der Waals surface area contributed by atoms with E-state index in [1.54, 1.807) is 7.11 Å². The van der Waals surface area contributed by atoms with Crippen molar-refractivity contribution < 1.29 is 4.74 Å². The summed E-state index contributed by atoms with van der Waals surface area (Å²) in [5.41, 5.74) is 3.53. The minimum atomic E-state index is 0.637. The summed E-state index contributed by atoms with van der Waals surface area (Å²) < 4.78 is 5.20. The maximum absolute atomic E-state index is 5.98. The molecule has 0 spiro atoms. The van der Waals surface area contributed by atoms with Crippen LogP contribution >= 0.6 is 11.6 Å². The number of hydrogen-bond acceptors (Lipinski definition) is 1. The number of aryl methyl sites for hydroxylation is 1. The molecule has 0 amide bonds. The van der Waals surface area contributed by atoms with Gasteiger partial charge in [-0.1, -0.05) is 47.5 Å². The van der Waals surface area contributed by atoms with Crippen LogP contribution in [0.1, 0.15) is 5.56 Å². The van der Waals surface area contributed by atoms with E-state index in [4.69, 9.17) is 16.3 Å². The Hall–Kier alpha value is -1.47. The van der Waals surface area contributed by atoms with Gasteiger partial charge in [-0.25, -0.2) is 0 Å². The van der Waals surface area contributed by atoms with Gasteiger partial charge in [0.1, 0.15) is 5.75 Å². The topological polar surface area (TPSA) is 9.23 Å². The Morgan fingerprint density at radius 2 is 1.56 bits per heavy atom. The van der Waals surface area contributed by atoms with Crippen LogP contribution < -0.4 is 4.74 Å². The minimum Gasteiger partial charge on any atom is -0.495 e. The third-order valence-electron chi connectivity index (χ3n) is 2.54. The second-order valence-corrected chi connectivity index (χ2v) is 4.12. The highest BCUT2D eigenvalue weighted by atomic mass is 35.5. The molecule has 0 aliphatic heterocycles. The van der Waals surface area contributed by atoms with Crippen LogP contribution in [0.25, 0.3) is 11.1 Å². The molecule has 0 aliphatic carbocycles. The zero-order chi connectivity index (χ0) is 11.5. The summed E-state index contributed by atoms with van der Waals surface area (Å²) in [6.45, 7) is 2.08. The lowest BCUT2D eigenvalue weighted by molar-refractivity contribution is 0.415. The van der Waals surface area contributed by atoms with Crippen LogP contribution in [-0.2, 0) is 0 Å². The summed E-state index contributed by atoms with van der Waals surface area (Å²) in [4.78, 5) is 0. The molecule has 0 aliphatic rings. The molecule has 0 bridgehead atoms. The molecule has 2 aromatic carbocycles. The van der Waals surface area contributed by atoms with Gasteiger partial charge >= 0.3 is 0 Å². The van der Waals surface area contributed by atoms with E-state index in [1.807, 2.05) is 18.2 Å². The fraction of sp³-hybridized carbons (Fsp3) is 0.143. The zero-order valence-corrected chi connectivity index (χ0v) is 10.1. The molecule has 0 N–H and O–H groups in total.